The van der Waals surface area contributed by atoms with Gasteiger partial charge in [-0.2, -0.15) is 5.10 Å². The number of aliphatic hydroxyl groups is 1. The minimum absolute atomic E-state index is 0.227. The number of aryl methyl sites for hydroxylation is 1. The predicted molar refractivity (Wildman–Crippen MR) is 59.4 cm³/mol. The van der Waals surface area contributed by atoms with Gasteiger partial charge in [0.15, 0.2) is 0 Å². The summed E-state index contributed by atoms with van der Waals surface area (Å²) in [6.45, 7) is 4.44. The van der Waals surface area contributed by atoms with E-state index < -0.39 is 5.60 Å². The molecular formula is C12H20N2O. The molecule has 0 aromatic carbocycles. The van der Waals surface area contributed by atoms with E-state index in [1.165, 1.54) is 6.42 Å². The van der Waals surface area contributed by atoms with Crippen molar-refractivity contribution in [2.45, 2.75) is 45.1 Å². The maximum atomic E-state index is 10.6. The smallest absolute Gasteiger partial charge is 0.109 e. The number of nitrogens with zero attached hydrogens (tertiary/aromatic N) is 2. The van der Waals surface area contributed by atoms with Gasteiger partial charge in [-0.1, -0.05) is 13.8 Å². The topological polar surface area (TPSA) is 38.0 Å². The summed E-state index contributed by atoms with van der Waals surface area (Å²) in [7, 11) is 1.89. The van der Waals surface area contributed by atoms with Crippen LogP contribution in [0.25, 0.3) is 0 Å². The summed E-state index contributed by atoms with van der Waals surface area (Å²) in [6, 6.07) is 1.93. The van der Waals surface area contributed by atoms with Gasteiger partial charge in [-0.05, 0) is 37.2 Å². The SMILES string of the molecule is Cn1ccc(C2(O)CCCC(C)(C)C2)n1. The summed E-state index contributed by atoms with van der Waals surface area (Å²) in [5, 5.41) is 15.0. The lowest BCUT2D eigenvalue weighted by molar-refractivity contribution is -0.0476. The third kappa shape index (κ3) is 2.07. The van der Waals surface area contributed by atoms with Gasteiger partial charge in [0.2, 0.25) is 0 Å². The normalized spacial score (nSPS) is 30.4. The van der Waals surface area contributed by atoms with Gasteiger partial charge in [0.1, 0.15) is 5.60 Å². The molecule has 1 atom stereocenters. The Bertz CT molecular complexity index is 356. The molecule has 0 radical (unpaired) electrons. The molecular weight excluding hydrogens is 188 g/mol. The molecule has 3 nitrogen and oxygen atoms in total. The van der Waals surface area contributed by atoms with Crippen LogP contribution in [-0.2, 0) is 12.6 Å². The molecule has 0 spiro atoms. The molecule has 0 amide bonds. The first kappa shape index (κ1) is 10.7. The lowest BCUT2D eigenvalue weighted by Gasteiger charge is -2.40. The van der Waals surface area contributed by atoms with E-state index in [-0.39, 0.29) is 5.41 Å². The summed E-state index contributed by atoms with van der Waals surface area (Å²) in [5.74, 6) is 0. The summed E-state index contributed by atoms with van der Waals surface area (Å²) in [6.07, 6.45) is 5.83. The van der Waals surface area contributed by atoms with Crippen LogP contribution in [-0.4, -0.2) is 14.9 Å². The van der Waals surface area contributed by atoms with Crippen molar-refractivity contribution < 1.29 is 5.11 Å². The lowest BCUT2D eigenvalue weighted by atomic mass is 9.69. The molecule has 1 aliphatic carbocycles. The van der Waals surface area contributed by atoms with E-state index in [2.05, 4.69) is 18.9 Å². The number of aromatic nitrogens is 2. The van der Waals surface area contributed by atoms with Crippen molar-refractivity contribution in [3.05, 3.63) is 18.0 Å². The molecule has 1 aromatic heterocycles. The molecule has 3 heteroatoms. The largest absolute Gasteiger partial charge is 0.383 e. The van der Waals surface area contributed by atoms with Crippen molar-refractivity contribution in [3.8, 4) is 0 Å². The molecule has 84 valence electrons. The molecule has 0 bridgehead atoms. The summed E-state index contributed by atoms with van der Waals surface area (Å²) < 4.78 is 1.76. The van der Waals surface area contributed by atoms with Crippen molar-refractivity contribution in [2.75, 3.05) is 0 Å². The van der Waals surface area contributed by atoms with E-state index in [4.69, 9.17) is 0 Å². The molecule has 1 aromatic rings. The van der Waals surface area contributed by atoms with Crippen LogP contribution in [0.15, 0.2) is 12.3 Å². The molecule has 1 aliphatic rings. The van der Waals surface area contributed by atoms with Crippen LogP contribution in [0.1, 0.15) is 45.2 Å². The average Bonchev–Trinajstić information content (AvgIpc) is 2.49. The first-order chi connectivity index (χ1) is 6.91. The first-order valence-corrected chi connectivity index (χ1v) is 5.64. The van der Waals surface area contributed by atoms with Crippen molar-refractivity contribution in [1.29, 1.82) is 0 Å². The van der Waals surface area contributed by atoms with E-state index >= 15 is 0 Å². The second-order valence-electron chi connectivity index (χ2n) is 5.60. The molecule has 1 unspecified atom stereocenters. The van der Waals surface area contributed by atoms with Gasteiger partial charge in [-0.25, -0.2) is 0 Å². The van der Waals surface area contributed by atoms with Crippen molar-refractivity contribution >= 4 is 0 Å². The van der Waals surface area contributed by atoms with Crippen molar-refractivity contribution in [2.24, 2.45) is 12.5 Å². The van der Waals surface area contributed by atoms with E-state index in [9.17, 15) is 5.11 Å². The van der Waals surface area contributed by atoms with Crippen molar-refractivity contribution in [1.82, 2.24) is 9.78 Å². The summed E-state index contributed by atoms with van der Waals surface area (Å²) in [5.41, 5.74) is 0.353. The molecule has 1 saturated carbocycles. The Kier molecular flexibility index (Phi) is 2.38. The standard InChI is InChI=1S/C12H20N2O/c1-11(2)6-4-7-12(15,9-11)10-5-8-14(3)13-10/h5,8,15H,4,6-7,9H2,1-3H3. The Morgan fingerprint density at radius 1 is 1.40 bits per heavy atom. The minimum Gasteiger partial charge on any atom is -0.383 e. The number of hydrogen-bond donors (Lipinski definition) is 1. The Morgan fingerprint density at radius 2 is 2.13 bits per heavy atom. The number of rotatable bonds is 1. The highest BCUT2D eigenvalue weighted by atomic mass is 16.3. The molecule has 1 N–H and O–H groups in total. The molecule has 2 rings (SSSR count). The van der Waals surface area contributed by atoms with Gasteiger partial charge < -0.3 is 5.11 Å². The zero-order chi connectivity index (χ0) is 11.1. The van der Waals surface area contributed by atoms with E-state index in [1.54, 1.807) is 4.68 Å². The predicted octanol–water partition coefficient (Wildman–Crippen LogP) is 2.21. The monoisotopic (exact) mass is 208 g/mol. The zero-order valence-corrected chi connectivity index (χ0v) is 9.82. The summed E-state index contributed by atoms with van der Waals surface area (Å²) in [4.78, 5) is 0. The van der Waals surface area contributed by atoms with Gasteiger partial charge in [0.25, 0.3) is 0 Å². The van der Waals surface area contributed by atoms with Crippen LogP contribution in [0.3, 0.4) is 0 Å². The highest BCUT2D eigenvalue weighted by molar-refractivity contribution is 5.12. The maximum absolute atomic E-state index is 10.6. The summed E-state index contributed by atoms with van der Waals surface area (Å²) >= 11 is 0. The van der Waals surface area contributed by atoms with Gasteiger partial charge in [0.05, 0.1) is 5.69 Å². The second-order valence-corrected chi connectivity index (χ2v) is 5.60. The zero-order valence-electron chi connectivity index (χ0n) is 9.82. The molecule has 1 fully saturated rings. The molecule has 15 heavy (non-hydrogen) atoms. The maximum Gasteiger partial charge on any atom is 0.109 e. The Balaban J connectivity index is 2.26. The third-order valence-corrected chi connectivity index (χ3v) is 3.41. The molecule has 1 heterocycles. The minimum atomic E-state index is -0.705. The van der Waals surface area contributed by atoms with Gasteiger partial charge in [-0.15, -0.1) is 0 Å². The van der Waals surface area contributed by atoms with Crippen LogP contribution < -0.4 is 0 Å². The van der Waals surface area contributed by atoms with Crippen molar-refractivity contribution in [3.63, 3.8) is 0 Å². The second kappa shape index (κ2) is 3.34. The van der Waals surface area contributed by atoms with E-state index in [0.717, 1.165) is 25.0 Å². The molecule has 0 saturated heterocycles. The van der Waals surface area contributed by atoms with Crippen LogP contribution in [0.5, 0.6) is 0 Å². The molecule has 0 aliphatic heterocycles. The quantitative estimate of drug-likeness (QED) is 0.768. The van der Waals surface area contributed by atoms with Gasteiger partial charge in [0, 0.05) is 13.2 Å². The average molecular weight is 208 g/mol. The third-order valence-electron chi connectivity index (χ3n) is 3.41. The van der Waals surface area contributed by atoms with Crippen LogP contribution in [0.4, 0.5) is 0 Å². The van der Waals surface area contributed by atoms with Gasteiger partial charge >= 0.3 is 0 Å². The Morgan fingerprint density at radius 3 is 2.67 bits per heavy atom. The Hall–Kier alpha value is -0.830. The fourth-order valence-corrected chi connectivity index (χ4v) is 2.71. The Labute approximate surface area is 91.1 Å². The van der Waals surface area contributed by atoms with Crippen LogP contribution >= 0.6 is 0 Å². The van der Waals surface area contributed by atoms with Gasteiger partial charge in [-0.3, -0.25) is 4.68 Å². The highest BCUT2D eigenvalue weighted by Crippen LogP contribution is 2.45. The van der Waals surface area contributed by atoms with E-state index in [0.29, 0.717) is 0 Å². The number of hydrogen-bond acceptors (Lipinski definition) is 2. The van der Waals surface area contributed by atoms with Crippen LogP contribution in [0, 0.1) is 5.41 Å². The lowest BCUT2D eigenvalue weighted by Crippen LogP contribution is -2.37. The fraction of sp³-hybridized carbons (Fsp3) is 0.750. The fourth-order valence-electron chi connectivity index (χ4n) is 2.71. The van der Waals surface area contributed by atoms with Crippen LogP contribution in [0.2, 0.25) is 0 Å². The van der Waals surface area contributed by atoms with E-state index in [1.807, 2.05) is 19.3 Å². The highest BCUT2D eigenvalue weighted by Gasteiger charge is 2.41. The first-order valence-electron chi connectivity index (χ1n) is 5.64.